The van der Waals surface area contributed by atoms with Crippen molar-refractivity contribution in [1.29, 1.82) is 0 Å². The zero-order valence-electron chi connectivity index (χ0n) is 34.2. The Labute approximate surface area is 348 Å². The number of benzene rings is 4. The van der Waals surface area contributed by atoms with Gasteiger partial charge < -0.3 is 39.2 Å². The fourth-order valence-electron chi connectivity index (χ4n) is 7.60. The molecule has 4 aromatic carbocycles. The number of carbonyl (C=O) groups is 3. The van der Waals surface area contributed by atoms with Crippen molar-refractivity contribution in [2.24, 2.45) is 9.98 Å². The van der Waals surface area contributed by atoms with Crippen LogP contribution in [0.2, 0.25) is 0 Å². The van der Waals surface area contributed by atoms with E-state index in [2.05, 4.69) is 55.3 Å². The van der Waals surface area contributed by atoms with Crippen molar-refractivity contribution >= 4 is 52.7 Å². The van der Waals surface area contributed by atoms with E-state index in [0.717, 1.165) is 28.8 Å². The first-order chi connectivity index (χ1) is 28.9. The summed E-state index contributed by atoms with van der Waals surface area (Å²) in [5, 5.41) is 12.8. The van der Waals surface area contributed by atoms with Crippen LogP contribution in [0.4, 0.5) is 11.4 Å². The third-order valence-corrected chi connectivity index (χ3v) is 10.9. The molecule has 60 heavy (non-hydrogen) atoms. The monoisotopic (exact) mass is 809 g/mol. The number of ether oxygens (including phenoxy) is 4. The second kappa shape index (κ2) is 16.5. The zero-order chi connectivity index (χ0) is 42.1. The minimum Gasteiger partial charge on any atom is -0.493 e. The average Bonchev–Trinajstić information content (AvgIpc) is 3.82. The molecule has 4 aromatic rings. The van der Waals surface area contributed by atoms with E-state index in [1.165, 1.54) is 19.8 Å². The van der Waals surface area contributed by atoms with Gasteiger partial charge in [-0.1, -0.05) is 36.4 Å². The number of hydrogen-bond donors (Lipinski definition) is 2. The van der Waals surface area contributed by atoms with Crippen molar-refractivity contribution in [3.05, 3.63) is 119 Å². The number of rotatable bonds is 13. The number of carbonyl (C=O) groups excluding carboxylic acids is 2. The maximum absolute atomic E-state index is 13.9. The molecule has 308 valence electrons. The van der Waals surface area contributed by atoms with Crippen LogP contribution >= 0.6 is 0 Å². The highest BCUT2D eigenvalue weighted by Crippen LogP contribution is 2.42. The van der Waals surface area contributed by atoms with E-state index >= 15 is 0 Å². The highest BCUT2D eigenvalue weighted by Gasteiger charge is 2.35. The van der Waals surface area contributed by atoms with Crippen LogP contribution in [0, 0.1) is 0 Å². The second-order valence-electron chi connectivity index (χ2n) is 16.1. The van der Waals surface area contributed by atoms with Gasteiger partial charge in [0.25, 0.3) is 11.8 Å². The number of amides is 2. The van der Waals surface area contributed by atoms with Crippen LogP contribution in [0.1, 0.15) is 87.8 Å². The Balaban J connectivity index is 0.887. The lowest BCUT2D eigenvalue weighted by molar-refractivity contribution is 0.0695. The van der Waals surface area contributed by atoms with Crippen molar-refractivity contribution in [3.63, 3.8) is 0 Å². The molecule has 8 rings (SSSR count). The molecule has 0 spiro atoms. The summed E-state index contributed by atoms with van der Waals surface area (Å²) < 4.78 is 23.6. The molecule has 0 aromatic heterocycles. The first kappa shape index (κ1) is 40.1. The third kappa shape index (κ3) is 8.26. The first-order valence-corrected chi connectivity index (χ1v) is 19.9. The number of nitrogens with zero attached hydrogens (tertiary/aromatic N) is 4. The van der Waals surface area contributed by atoms with Crippen molar-refractivity contribution in [3.8, 4) is 23.0 Å². The summed E-state index contributed by atoms with van der Waals surface area (Å²) in [4.78, 5) is 51.7. The Morgan fingerprint density at radius 3 is 1.62 bits per heavy atom. The van der Waals surface area contributed by atoms with Crippen LogP contribution in [0.3, 0.4) is 0 Å². The van der Waals surface area contributed by atoms with E-state index in [1.54, 1.807) is 70.7 Å². The Morgan fingerprint density at radius 1 is 0.717 bits per heavy atom. The highest BCUT2D eigenvalue weighted by atomic mass is 16.5. The molecule has 4 aliphatic rings. The van der Waals surface area contributed by atoms with Crippen LogP contribution in [-0.4, -0.2) is 90.2 Å². The van der Waals surface area contributed by atoms with Crippen LogP contribution in [0.5, 0.6) is 23.0 Å². The molecule has 4 heterocycles. The van der Waals surface area contributed by atoms with E-state index in [-0.39, 0.29) is 48.2 Å². The topological polar surface area (TPSA) is 152 Å². The smallest absolute Gasteiger partial charge is 0.335 e. The summed E-state index contributed by atoms with van der Waals surface area (Å²) in [6, 6.07) is 21.3. The summed E-state index contributed by atoms with van der Waals surface area (Å²) in [5.41, 5.74) is 7.14. The van der Waals surface area contributed by atoms with Gasteiger partial charge in [-0.15, -0.1) is 0 Å². The molecular formula is C47H47N5O8. The molecule has 0 fully saturated rings. The largest absolute Gasteiger partial charge is 0.493 e. The SMILES string of the molecule is COc1cc2c(cc1OCCCOc1cc3c(cc1OC)C(=O)N1C=C(c4ccc(C(=O)O)cc4)C[C@H]1C=N3)N=C[C@@H]1CC(c3ccc(CNC(C)(C)C)cc3)=CN1C2=O. The number of nitrogens with one attached hydrogen (secondary N) is 1. The number of fused-ring (bicyclic) bond motifs is 4. The van der Waals surface area contributed by atoms with Crippen molar-refractivity contribution in [2.75, 3.05) is 27.4 Å². The molecule has 13 heteroatoms. The van der Waals surface area contributed by atoms with Gasteiger partial charge in [0.15, 0.2) is 23.0 Å². The predicted octanol–water partition coefficient (Wildman–Crippen LogP) is 8.08. The number of carboxylic acids is 1. The lowest BCUT2D eigenvalue weighted by Gasteiger charge is -2.20. The molecule has 4 aliphatic heterocycles. The minimum absolute atomic E-state index is 0.0328. The lowest BCUT2D eigenvalue weighted by Crippen LogP contribution is -2.35. The lowest BCUT2D eigenvalue weighted by atomic mass is 10.0. The predicted molar refractivity (Wildman–Crippen MR) is 229 cm³/mol. The van der Waals surface area contributed by atoms with Gasteiger partial charge in [0.2, 0.25) is 0 Å². The minimum atomic E-state index is -0.993. The van der Waals surface area contributed by atoms with Gasteiger partial charge in [0.1, 0.15) is 0 Å². The Bertz CT molecular complexity index is 2460. The van der Waals surface area contributed by atoms with E-state index < -0.39 is 5.97 Å². The van der Waals surface area contributed by atoms with Gasteiger partial charge >= 0.3 is 5.97 Å². The number of hydrogen-bond acceptors (Lipinski definition) is 10. The maximum Gasteiger partial charge on any atom is 0.335 e. The summed E-state index contributed by atoms with van der Waals surface area (Å²) in [7, 11) is 3.06. The molecule has 2 amide bonds. The molecule has 0 saturated carbocycles. The molecule has 0 aliphatic carbocycles. The molecule has 0 saturated heterocycles. The number of carboxylic acid groups (broad SMARTS) is 1. The Kier molecular flexibility index (Phi) is 11.0. The standard InChI is InChI=1S/C47H47N5O8/c1-47(2,3)50-23-28-7-9-29(10-8-28)32-17-34-24-48-38-21-42(40(57-4)19-36(38)44(53)51(34)26-32)59-15-6-16-60-43-22-39-37(20-41(43)58-5)45(54)52-27-33(18-35(52)25-49-39)30-11-13-31(14-12-30)46(55)56/h7-14,19-22,24-27,34-35,50H,6,15-18,23H2,1-5H3,(H,55,56)/t34-,35-/m0/s1. The summed E-state index contributed by atoms with van der Waals surface area (Å²) in [6.45, 7) is 7.79. The Hall–Kier alpha value is -6.73. The molecule has 0 bridgehead atoms. The second-order valence-corrected chi connectivity index (χ2v) is 16.1. The van der Waals surface area contributed by atoms with E-state index in [9.17, 15) is 19.5 Å². The molecule has 2 N–H and O–H groups in total. The van der Waals surface area contributed by atoms with Gasteiger partial charge in [-0.25, -0.2) is 4.79 Å². The van der Waals surface area contributed by atoms with Crippen LogP contribution in [-0.2, 0) is 6.54 Å². The van der Waals surface area contributed by atoms with Gasteiger partial charge in [0.05, 0.1) is 67.6 Å². The van der Waals surface area contributed by atoms with Crippen molar-refractivity contribution in [2.45, 2.75) is 64.2 Å². The summed E-state index contributed by atoms with van der Waals surface area (Å²) >= 11 is 0. The fourth-order valence-corrected chi connectivity index (χ4v) is 7.60. The van der Waals surface area contributed by atoms with Crippen LogP contribution in [0.15, 0.2) is 95.2 Å². The quantitative estimate of drug-likeness (QED) is 0.128. The summed E-state index contributed by atoms with van der Waals surface area (Å²) in [6.07, 6.45) is 9.00. The van der Waals surface area contributed by atoms with Crippen LogP contribution < -0.4 is 24.3 Å². The highest BCUT2D eigenvalue weighted by molar-refractivity contribution is 6.06. The van der Waals surface area contributed by atoms with Gasteiger partial charge in [-0.05, 0) is 72.9 Å². The van der Waals surface area contributed by atoms with E-state index in [0.29, 0.717) is 64.8 Å². The Morgan fingerprint density at radius 2 is 1.18 bits per heavy atom. The fraction of sp³-hybridized carbons (Fsp3) is 0.298. The van der Waals surface area contributed by atoms with E-state index in [1.807, 2.05) is 12.4 Å². The molecule has 0 unspecified atom stereocenters. The van der Waals surface area contributed by atoms with Gasteiger partial charge in [-0.3, -0.25) is 19.6 Å². The van der Waals surface area contributed by atoms with Crippen molar-refractivity contribution < 1.29 is 38.4 Å². The third-order valence-electron chi connectivity index (χ3n) is 10.9. The normalized spacial score (nSPS) is 17.8. The summed E-state index contributed by atoms with van der Waals surface area (Å²) in [5.74, 6) is 0.349. The zero-order valence-corrected chi connectivity index (χ0v) is 34.2. The molecule has 13 nitrogen and oxygen atoms in total. The average molecular weight is 810 g/mol. The number of aromatic carboxylic acids is 1. The van der Waals surface area contributed by atoms with Crippen molar-refractivity contribution in [1.82, 2.24) is 15.1 Å². The molecule has 0 radical (unpaired) electrons. The molecule has 2 atom stereocenters. The van der Waals surface area contributed by atoms with Gasteiger partial charge in [0, 0.05) is 68.3 Å². The van der Waals surface area contributed by atoms with Gasteiger partial charge in [-0.2, -0.15) is 0 Å². The van der Waals surface area contributed by atoms with E-state index in [4.69, 9.17) is 23.9 Å². The maximum atomic E-state index is 13.9. The van der Waals surface area contributed by atoms with Crippen LogP contribution in [0.25, 0.3) is 11.1 Å². The number of methoxy groups -OCH3 is 2. The molecular weight excluding hydrogens is 763 g/mol. The first-order valence-electron chi connectivity index (χ1n) is 19.9. The number of aliphatic imine (C=N–C) groups is 2.